The first-order chi connectivity index (χ1) is 7.56. The van der Waals surface area contributed by atoms with Gasteiger partial charge < -0.3 is 10.5 Å². The summed E-state index contributed by atoms with van der Waals surface area (Å²) in [6, 6.07) is 0. The zero-order valence-electron chi connectivity index (χ0n) is 9.49. The van der Waals surface area contributed by atoms with E-state index in [1.807, 2.05) is 6.92 Å². The van der Waals surface area contributed by atoms with Crippen molar-refractivity contribution in [3.8, 4) is 0 Å². The maximum absolute atomic E-state index is 11.5. The van der Waals surface area contributed by atoms with Crippen LogP contribution in [0.4, 0.5) is 0 Å². The first-order valence-electron chi connectivity index (χ1n) is 5.03. The number of hydrogen-bond acceptors (Lipinski definition) is 4. The van der Waals surface area contributed by atoms with Crippen LogP contribution < -0.4 is 5.73 Å². The van der Waals surface area contributed by atoms with Crippen LogP contribution in [-0.4, -0.2) is 35.3 Å². The molecule has 0 aromatic carbocycles. The Morgan fingerprint density at radius 2 is 2.31 bits per heavy atom. The Balaban J connectivity index is 2.56. The number of nitrogens with two attached hydrogens (primary N) is 1. The van der Waals surface area contributed by atoms with Gasteiger partial charge in [-0.05, 0) is 6.92 Å². The van der Waals surface area contributed by atoms with Crippen molar-refractivity contribution in [1.29, 1.82) is 0 Å². The van der Waals surface area contributed by atoms with E-state index in [1.165, 1.54) is 0 Å². The zero-order chi connectivity index (χ0) is 12.1. The Hall–Kier alpha value is -0.910. The van der Waals surface area contributed by atoms with Crippen molar-refractivity contribution in [3.05, 3.63) is 16.4 Å². The fourth-order valence-electron chi connectivity index (χ4n) is 1.39. The Morgan fingerprint density at radius 3 is 2.81 bits per heavy atom. The van der Waals surface area contributed by atoms with Crippen molar-refractivity contribution in [2.75, 3.05) is 19.8 Å². The number of aromatic nitrogens is 2. The molecule has 0 spiro atoms. The summed E-state index contributed by atoms with van der Waals surface area (Å²) in [6.07, 6.45) is 0.253. The predicted octanol–water partition coefficient (Wildman–Crippen LogP) is 0.469. The average molecular weight is 246 g/mol. The van der Waals surface area contributed by atoms with Gasteiger partial charge in [0, 0.05) is 25.6 Å². The van der Waals surface area contributed by atoms with E-state index in [1.54, 1.807) is 11.7 Å². The fraction of sp³-hybridized carbons (Fsp3) is 0.600. The minimum atomic E-state index is -0.0218. The van der Waals surface area contributed by atoms with Gasteiger partial charge in [-0.2, -0.15) is 5.10 Å². The number of Topliss-reactive ketones (excluding diaryl/α,β-unsaturated/α-hetero) is 1. The van der Waals surface area contributed by atoms with Gasteiger partial charge in [-0.1, -0.05) is 11.6 Å². The van der Waals surface area contributed by atoms with E-state index in [0.29, 0.717) is 18.3 Å². The minimum Gasteiger partial charge on any atom is -0.372 e. The molecule has 0 aliphatic heterocycles. The minimum absolute atomic E-state index is 0.0218. The third-order valence-electron chi connectivity index (χ3n) is 2.17. The highest BCUT2D eigenvalue weighted by molar-refractivity contribution is 6.30. The molecule has 5 nitrogen and oxygen atoms in total. The lowest BCUT2D eigenvalue weighted by Crippen LogP contribution is -2.16. The van der Waals surface area contributed by atoms with Crippen LogP contribution in [0.5, 0.6) is 0 Å². The summed E-state index contributed by atoms with van der Waals surface area (Å²) >= 11 is 6.01. The summed E-state index contributed by atoms with van der Waals surface area (Å²) in [6.45, 7) is 2.71. The normalized spacial score (nSPS) is 10.8. The van der Waals surface area contributed by atoms with Gasteiger partial charge in [0.15, 0.2) is 5.78 Å². The predicted molar refractivity (Wildman–Crippen MR) is 61.5 cm³/mol. The van der Waals surface area contributed by atoms with E-state index in [0.717, 1.165) is 11.3 Å². The standard InChI is InChI=1S/C10H16ClN3O2/c1-7-9(10(11)14(2)13-7)5-8(15)6-16-4-3-12/h3-6,12H2,1-2H3. The topological polar surface area (TPSA) is 70.1 Å². The number of ketones is 1. The van der Waals surface area contributed by atoms with Crippen LogP contribution in [-0.2, 0) is 23.0 Å². The van der Waals surface area contributed by atoms with Gasteiger partial charge in [0.1, 0.15) is 11.8 Å². The molecule has 0 saturated carbocycles. The molecule has 90 valence electrons. The van der Waals surface area contributed by atoms with E-state index in [9.17, 15) is 4.79 Å². The first-order valence-corrected chi connectivity index (χ1v) is 5.41. The maximum Gasteiger partial charge on any atom is 0.163 e. The molecular weight excluding hydrogens is 230 g/mol. The van der Waals surface area contributed by atoms with Gasteiger partial charge in [-0.25, -0.2) is 0 Å². The molecule has 0 aliphatic rings. The summed E-state index contributed by atoms with van der Waals surface area (Å²) in [5.41, 5.74) is 6.79. The first kappa shape index (κ1) is 13.2. The second-order valence-electron chi connectivity index (χ2n) is 3.54. The highest BCUT2D eigenvalue weighted by atomic mass is 35.5. The number of rotatable bonds is 6. The lowest BCUT2D eigenvalue weighted by molar-refractivity contribution is -0.122. The number of hydrogen-bond donors (Lipinski definition) is 1. The highest BCUT2D eigenvalue weighted by Crippen LogP contribution is 2.19. The average Bonchev–Trinajstić information content (AvgIpc) is 2.46. The molecule has 1 aromatic rings. The quantitative estimate of drug-likeness (QED) is 0.740. The monoisotopic (exact) mass is 245 g/mol. The summed E-state index contributed by atoms with van der Waals surface area (Å²) in [4.78, 5) is 11.5. The van der Waals surface area contributed by atoms with Crippen LogP contribution in [0.1, 0.15) is 11.3 Å². The van der Waals surface area contributed by atoms with Crippen molar-refractivity contribution >= 4 is 17.4 Å². The van der Waals surface area contributed by atoms with Crippen molar-refractivity contribution < 1.29 is 9.53 Å². The number of ether oxygens (including phenoxy) is 1. The van der Waals surface area contributed by atoms with Gasteiger partial charge in [-0.15, -0.1) is 0 Å². The number of halogens is 1. The molecule has 0 fully saturated rings. The van der Waals surface area contributed by atoms with E-state index in [4.69, 9.17) is 22.1 Å². The fourth-order valence-corrected chi connectivity index (χ4v) is 1.63. The molecule has 1 aromatic heterocycles. The largest absolute Gasteiger partial charge is 0.372 e. The molecule has 1 rings (SSSR count). The molecule has 0 aliphatic carbocycles. The lowest BCUT2D eigenvalue weighted by atomic mass is 10.1. The van der Waals surface area contributed by atoms with Crippen LogP contribution in [0.3, 0.4) is 0 Å². The summed E-state index contributed by atoms with van der Waals surface area (Å²) in [5.74, 6) is -0.0218. The summed E-state index contributed by atoms with van der Waals surface area (Å²) in [5, 5.41) is 4.64. The van der Waals surface area contributed by atoms with Crippen LogP contribution in [0.2, 0.25) is 5.15 Å². The van der Waals surface area contributed by atoms with E-state index < -0.39 is 0 Å². The zero-order valence-corrected chi connectivity index (χ0v) is 10.3. The van der Waals surface area contributed by atoms with Gasteiger partial charge in [0.25, 0.3) is 0 Å². The summed E-state index contributed by atoms with van der Waals surface area (Å²) in [7, 11) is 1.74. The van der Waals surface area contributed by atoms with E-state index in [2.05, 4.69) is 5.10 Å². The van der Waals surface area contributed by atoms with Crippen molar-refractivity contribution in [2.24, 2.45) is 12.8 Å². The van der Waals surface area contributed by atoms with E-state index in [-0.39, 0.29) is 18.8 Å². The second-order valence-corrected chi connectivity index (χ2v) is 3.89. The van der Waals surface area contributed by atoms with Crippen molar-refractivity contribution in [1.82, 2.24) is 9.78 Å². The van der Waals surface area contributed by atoms with Crippen molar-refractivity contribution in [2.45, 2.75) is 13.3 Å². The number of carbonyl (C=O) groups excluding carboxylic acids is 1. The number of carbonyl (C=O) groups is 1. The molecular formula is C10H16ClN3O2. The van der Waals surface area contributed by atoms with Crippen LogP contribution in [0.15, 0.2) is 0 Å². The Kier molecular flexibility index (Phi) is 4.92. The molecule has 0 unspecified atom stereocenters. The Morgan fingerprint density at radius 1 is 1.62 bits per heavy atom. The molecule has 6 heteroatoms. The molecule has 1 heterocycles. The maximum atomic E-state index is 11.5. The molecule has 2 N–H and O–H groups in total. The van der Waals surface area contributed by atoms with Crippen LogP contribution >= 0.6 is 11.6 Å². The smallest absolute Gasteiger partial charge is 0.163 e. The second kappa shape index (κ2) is 5.98. The molecule has 0 atom stereocenters. The van der Waals surface area contributed by atoms with Gasteiger partial charge >= 0.3 is 0 Å². The number of aryl methyl sites for hydroxylation is 2. The molecule has 0 radical (unpaired) electrons. The Labute approximate surface area is 99.5 Å². The molecule has 0 amide bonds. The van der Waals surface area contributed by atoms with Crippen molar-refractivity contribution in [3.63, 3.8) is 0 Å². The SMILES string of the molecule is Cc1nn(C)c(Cl)c1CC(=O)COCCN. The third-order valence-corrected chi connectivity index (χ3v) is 2.64. The van der Waals surface area contributed by atoms with Gasteiger partial charge in [0.2, 0.25) is 0 Å². The van der Waals surface area contributed by atoms with E-state index >= 15 is 0 Å². The van der Waals surface area contributed by atoms with Crippen LogP contribution in [0.25, 0.3) is 0 Å². The molecule has 0 saturated heterocycles. The van der Waals surface area contributed by atoms with Gasteiger partial charge in [-0.3, -0.25) is 9.48 Å². The van der Waals surface area contributed by atoms with Gasteiger partial charge in [0.05, 0.1) is 12.3 Å². The lowest BCUT2D eigenvalue weighted by Gasteiger charge is -2.02. The molecule has 16 heavy (non-hydrogen) atoms. The molecule has 0 bridgehead atoms. The van der Waals surface area contributed by atoms with Crippen LogP contribution in [0, 0.1) is 6.92 Å². The highest BCUT2D eigenvalue weighted by Gasteiger charge is 2.14. The summed E-state index contributed by atoms with van der Waals surface area (Å²) < 4.78 is 6.61. The number of nitrogens with zero attached hydrogens (tertiary/aromatic N) is 2. The third kappa shape index (κ3) is 3.30. The Bertz CT molecular complexity index is 376.